The van der Waals surface area contributed by atoms with E-state index in [-0.39, 0.29) is 23.9 Å². The lowest BCUT2D eigenvalue weighted by Crippen LogP contribution is -2.48. The molecular weight excluding hydrogens is 300 g/mol. The van der Waals surface area contributed by atoms with Crippen molar-refractivity contribution >= 4 is 18.3 Å². The topological polar surface area (TPSA) is 50.2 Å². The highest BCUT2D eigenvalue weighted by Gasteiger charge is 2.36. The minimum Gasteiger partial charge on any atom is -0.339 e. The van der Waals surface area contributed by atoms with Crippen LogP contribution < -0.4 is 5.32 Å². The number of rotatable bonds is 2. The Balaban J connectivity index is 0.00000176. The van der Waals surface area contributed by atoms with Gasteiger partial charge in [0.25, 0.3) is 5.91 Å². The van der Waals surface area contributed by atoms with Gasteiger partial charge in [0.15, 0.2) is 0 Å². The van der Waals surface area contributed by atoms with Crippen LogP contribution in [0.2, 0.25) is 0 Å². The van der Waals surface area contributed by atoms with Crippen LogP contribution in [-0.4, -0.2) is 45.8 Å². The highest BCUT2D eigenvalue weighted by atomic mass is 35.5. The quantitative estimate of drug-likeness (QED) is 0.908. The van der Waals surface area contributed by atoms with Crippen molar-refractivity contribution in [1.29, 1.82) is 0 Å². The van der Waals surface area contributed by atoms with E-state index in [2.05, 4.69) is 31.2 Å². The first-order chi connectivity index (χ1) is 9.84. The molecular formula is C16H27ClN4O. The van der Waals surface area contributed by atoms with E-state index in [1.807, 2.05) is 22.8 Å². The van der Waals surface area contributed by atoms with E-state index < -0.39 is 0 Å². The Kier molecular flexibility index (Phi) is 4.87. The van der Waals surface area contributed by atoms with E-state index >= 15 is 0 Å². The van der Waals surface area contributed by atoms with Gasteiger partial charge in [-0.15, -0.1) is 12.4 Å². The van der Waals surface area contributed by atoms with Crippen LogP contribution in [0.15, 0.2) is 12.4 Å². The maximum Gasteiger partial charge on any atom is 0.257 e. The van der Waals surface area contributed by atoms with E-state index in [0.717, 1.165) is 12.8 Å². The number of carbonyl (C=O) groups excluding carboxylic acids is 1. The van der Waals surface area contributed by atoms with Crippen LogP contribution in [0.5, 0.6) is 0 Å². The molecule has 124 valence electrons. The van der Waals surface area contributed by atoms with Crippen molar-refractivity contribution in [3.63, 3.8) is 0 Å². The number of nitrogens with zero attached hydrogens (tertiary/aromatic N) is 3. The first-order valence-corrected chi connectivity index (χ1v) is 7.93. The largest absolute Gasteiger partial charge is 0.339 e. The number of piperidine rings is 1. The maximum atomic E-state index is 12.7. The summed E-state index contributed by atoms with van der Waals surface area (Å²) in [5.74, 6) is 0.0943. The Morgan fingerprint density at radius 3 is 2.41 bits per heavy atom. The van der Waals surface area contributed by atoms with Crippen molar-refractivity contribution in [3.05, 3.63) is 18.0 Å². The van der Waals surface area contributed by atoms with Crippen LogP contribution in [0.25, 0.3) is 0 Å². The van der Waals surface area contributed by atoms with Gasteiger partial charge < -0.3 is 10.2 Å². The molecule has 3 heterocycles. The van der Waals surface area contributed by atoms with Gasteiger partial charge in [-0.3, -0.25) is 9.48 Å². The molecule has 2 aliphatic heterocycles. The summed E-state index contributed by atoms with van der Waals surface area (Å²) < 4.78 is 1.86. The molecule has 3 rings (SSSR count). The first-order valence-electron chi connectivity index (χ1n) is 7.93. The zero-order chi connectivity index (χ0) is 15.2. The molecule has 2 fully saturated rings. The molecule has 22 heavy (non-hydrogen) atoms. The van der Waals surface area contributed by atoms with E-state index in [1.165, 1.54) is 12.8 Å². The van der Waals surface area contributed by atoms with Crippen LogP contribution in [0.1, 0.15) is 56.8 Å². The summed E-state index contributed by atoms with van der Waals surface area (Å²) in [4.78, 5) is 14.6. The molecule has 2 saturated heterocycles. The van der Waals surface area contributed by atoms with E-state index in [4.69, 9.17) is 0 Å². The van der Waals surface area contributed by atoms with Crippen LogP contribution >= 0.6 is 12.4 Å². The van der Waals surface area contributed by atoms with E-state index in [9.17, 15) is 4.79 Å². The van der Waals surface area contributed by atoms with Gasteiger partial charge in [-0.2, -0.15) is 5.10 Å². The van der Waals surface area contributed by atoms with Gasteiger partial charge in [0.05, 0.1) is 17.3 Å². The predicted octanol–water partition coefficient (Wildman–Crippen LogP) is 2.41. The minimum absolute atomic E-state index is 0. The second-order valence-corrected chi connectivity index (χ2v) is 7.52. The Labute approximate surface area is 138 Å². The molecule has 1 amide bonds. The molecule has 2 aliphatic rings. The Morgan fingerprint density at radius 2 is 1.91 bits per heavy atom. The summed E-state index contributed by atoms with van der Waals surface area (Å²) in [6, 6.07) is 1.55. The fourth-order valence-electron chi connectivity index (χ4n) is 3.51. The summed E-state index contributed by atoms with van der Waals surface area (Å²) in [6.45, 7) is 6.26. The molecule has 5 nitrogen and oxygen atoms in total. The smallest absolute Gasteiger partial charge is 0.257 e. The second-order valence-electron chi connectivity index (χ2n) is 7.52. The summed E-state index contributed by atoms with van der Waals surface area (Å²) in [5, 5.41) is 7.96. The number of fused-ring (bicyclic) bond motifs is 2. The standard InChI is InChI=1S/C16H26N4O.ClH/c1-16(2,3)20-10-11(9-17-20)15(21)19(4)14-7-12-5-6-13(8-14)18-12;/h9-10,12-14,18H,5-8H2,1-4H3;1H. The fourth-order valence-corrected chi connectivity index (χ4v) is 3.51. The molecule has 0 aliphatic carbocycles. The Morgan fingerprint density at radius 1 is 1.32 bits per heavy atom. The van der Waals surface area contributed by atoms with Crippen molar-refractivity contribution in [2.75, 3.05) is 7.05 Å². The number of halogens is 1. The second kappa shape index (κ2) is 6.20. The number of amides is 1. The molecule has 2 unspecified atom stereocenters. The minimum atomic E-state index is -0.0923. The van der Waals surface area contributed by atoms with Gasteiger partial charge in [0, 0.05) is 31.4 Å². The van der Waals surface area contributed by atoms with Gasteiger partial charge in [-0.1, -0.05) is 0 Å². The molecule has 0 saturated carbocycles. The third-order valence-electron chi connectivity index (χ3n) is 4.83. The molecule has 0 radical (unpaired) electrons. The van der Waals surface area contributed by atoms with Gasteiger partial charge >= 0.3 is 0 Å². The summed E-state index contributed by atoms with van der Waals surface area (Å²) in [7, 11) is 1.94. The normalized spacial score (nSPS) is 27.4. The molecule has 0 aromatic carbocycles. The van der Waals surface area contributed by atoms with Crippen molar-refractivity contribution in [2.45, 2.75) is 70.1 Å². The monoisotopic (exact) mass is 326 g/mol. The Hall–Kier alpha value is -1.07. The fraction of sp³-hybridized carbons (Fsp3) is 0.750. The summed E-state index contributed by atoms with van der Waals surface area (Å²) >= 11 is 0. The maximum absolute atomic E-state index is 12.7. The molecule has 1 N–H and O–H groups in total. The molecule has 6 heteroatoms. The van der Waals surface area contributed by atoms with Crippen molar-refractivity contribution < 1.29 is 4.79 Å². The highest BCUT2D eigenvalue weighted by molar-refractivity contribution is 5.93. The number of nitrogens with one attached hydrogen (secondary N) is 1. The third kappa shape index (κ3) is 3.30. The van der Waals surface area contributed by atoms with Crippen LogP contribution in [0, 0.1) is 0 Å². The lowest BCUT2D eigenvalue weighted by Gasteiger charge is -2.35. The van der Waals surface area contributed by atoms with Gasteiger partial charge in [-0.05, 0) is 46.5 Å². The molecule has 2 bridgehead atoms. The van der Waals surface area contributed by atoms with Crippen molar-refractivity contribution in [1.82, 2.24) is 20.0 Å². The summed E-state index contributed by atoms with van der Waals surface area (Å²) in [6.07, 6.45) is 8.23. The molecule has 1 aromatic rings. The van der Waals surface area contributed by atoms with E-state index in [1.54, 1.807) is 6.20 Å². The lowest BCUT2D eigenvalue weighted by atomic mass is 9.98. The van der Waals surface area contributed by atoms with Crippen LogP contribution in [0.3, 0.4) is 0 Å². The summed E-state index contributed by atoms with van der Waals surface area (Å²) in [5.41, 5.74) is 0.601. The van der Waals surface area contributed by atoms with Gasteiger partial charge in [0.1, 0.15) is 0 Å². The molecule has 1 aromatic heterocycles. The average Bonchev–Trinajstić information content (AvgIpc) is 3.03. The zero-order valence-electron chi connectivity index (χ0n) is 13.9. The predicted molar refractivity (Wildman–Crippen MR) is 89.5 cm³/mol. The third-order valence-corrected chi connectivity index (χ3v) is 4.83. The first kappa shape index (κ1) is 17.3. The van der Waals surface area contributed by atoms with Crippen molar-refractivity contribution in [3.8, 4) is 0 Å². The van der Waals surface area contributed by atoms with Crippen LogP contribution in [-0.2, 0) is 5.54 Å². The van der Waals surface area contributed by atoms with Gasteiger partial charge in [-0.25, -0.2) is 0 Å². The number of hydrogen-bond donors (Lipinski definition) is 1. The zero-order valence-corrected chi connectivity index (χ0v) is 14.7. The highest BCUT2D eigenvalue weighted by Crippen LogP contribution is 2.29. The Bertz CT molecular complexity index is 524. The number of aromatic nitrogens is 2. The van der Waals surface area contributed by atoms with Crippen molar-refractivity contribution in [2.24, 2.45) is 0 Å². The average molecular weight is 327 g/mol. The van der Waals surface area contributed by atoms with Crippen LogP contribution in [0.4, 0.5) is 0 Å². The molecule has 0 spiro atoms. The SMILES string of the molecule is CN(C(=O)c1cnn(C(C)(C)C)c1)C1CC2CCC(C1)N2.Cl. The lowest BCUT2D eigenvalue weighted by molar-refractivity contribution is 0.0681. The van der Waals surface area contributed by atoms with E-state index in [0.29, 0.717) is 23.7 Å². The number of hydrogen-bond acceptors (Lipinski definition) is 3. The van der Waals surface area contributed by atoms with Gasteiger partial charge in [0.2, 0.25) is 0 Å². The molecule has 2 atom stereocenters. The number of carbonyl (C=O) groups is 1.